The maximum Gasteiger partial charge on any atom is 0.263 e. The van der Waals surface area contributed by atoms with E-state index in [2.05, 4.69) is 18.2 Å². The molecule has 0 fully saturated rings. The van der Waals surface area contributed by atoms with Crippen molar-refractivity contribution in [2.75, 3.05) is 13.1 Å². The summed E-state index contributed by atoms with van der Waals surface area (Å²) in [5.41, 5.74) is 1.78. The van der Waals surface area contributed by atoms with Crippen molar-refractivity contribution in [3.05, 3.63) is 65.7 Å². The fourth-order valence-corrected chi connectivity index (χ4v) is 2.45. The molecule has 0 aromatic heterocycles. The van der Waals surface area contributed by atoms with E-state index in [1.165, 1.54) is 5.56 Å². The van der Waals surface area contributed by atoms with E-state index < -0.39 is 6.10 Å². The molecular formula is C20H22N2O2. The minimum Gasteiger partial charge on any atom is -0.481 e. The fourth-order valence-electron chi connectivity index (χ4n) is 2.45. The zero-order chi connectivity index (χ0) is 17.4. The Morgan fingerprint density at radius 3 is 2.42 bits per heavy atom. The monoisotopic (exact) mass is 322 g/mol. The molecule has 0 aliphatic rings. The molecule has 2 aromatic rings. The molecule has 1 amide bonds. The summed E-state index contributed by atoms with van der Waals surface area (Å²) >= 11 is 0. The smallest absolute Gasteiger partial charge is 0.263 e. The second kappa shape index (κ2) is 8.73. The first-order valence-electron chi connectivity index (χ1n) is 8.13. The van der Waals surface area contributed by atoms with E-state index >= 15 is 0 Å². The number of carbonyl (C=O) groups is 1. The minimum atomic E-state index is -0.561. The van der Waals surface area contributed by atoms with Crippen LogP contribution in [0.15, 0.2) is 54.6 Å². The Balaban J connectivity index is 1.92. The molecule has 0 spiro atoms. The van der Waals surface area contributed by atoms with Crippen LogP contribution in [0.4, 0.5) is 0 Å². The van der Waals surface area contributed by atoms with Gasteiger partial charge in [0.25, 0.3) is 5.91 Å². The summed E-state index contributed by atoms with van der Waals surface area (Å²) in [7, 11) is 0. The van der Waals surface area contributed by atoms with Gasteiger partial charge in [-0.15, -0.1) is 0 Å². The van der Waals surface area contributed by atoms with Crippen molar-refractivity contribution >= 4 is 5.91 Å². The van der Waals surface area contributed by atoms with Gasteiger partial charge in [-0.3, -0.25) is 4.79 Å². The average Bonchev–Trinajstić information content (AvgIpc) is 2.63. The number of nitriles is 1. The van der Waals surface area contributed by atoms with Crippen LogP contribution in [0.1, 0.15) is 25.0 Å². The summed E-state index contributed by atoms with van der Waals surface area (Å²) < 4.78 is 5.71. The number of benzene rings is 2. The predicted molar refractivity (Wildman–Crippen MR) is 93.6 cm³/mol. The molecule has 0 aliphatic heterocycles. The first-order chi connectivity index (χ1) is 11.6. The van der Waals surface area contributed by atoms with Crippen molar-refractivity contribution in [1.82, 2.24) is 4.90 Å². The lowest BCUT2D eigenvalue weighted by atomic mass is 10.1. The van der Waals surface area contributed by atoms with Crippen LogP contribution in [0.25, 0.3) is 0 Å². The van der Waals surface area contributed by atoms with Crippen LogP contribution in [0.2, 0.25) is 0 Å². The second-order valence-electron chi connectivity index (χ2n) is 5.55. The number of hydrogen-bond donors (Lipinski definition) is 0. The highest BCUT2D eigenvalue weighted by Crippen LogP contribution is 2.14. The molecule has 0 radical (unpaired) electrons. The highest BCUT2D eigenvalue weighted by atomic mass is 16.5. The largest absolute Gasteiger partial charge is 0.481 e. The van der Waals surface area contributed by atoms with Crippen LogP contribution < -0.4 is 4.74 Å². The van der Waals surface area contributed by atoms with Gasteiger partial charge >= 0.3 is 0 Å². The van der Waals surface area contributed by atoms with Crippen molar-refractivity contribution in [2.24, 2.45) is 0 Å². The predicted octanol–water partition coefficient (Wildman–Crippen LogP) is 3.42. The summed E-state index contributed by atoms with van der Waals surface area (Å²) in [6.07, 6.45) is 0.262. The van der Waals surface area contributed by atoms with Crippen LogP contribution in [-0.2, 0) is 11.2 Å². The van der Waals surface area contributed by atoms with E-state index in [1.54, 1.807) is 36.1 Å². The highest BCUT2D eigenvalue weighted by molar-refractivity contribution is 5.80. The molecule has 24 heavy (non-hydrogen) atoms. The number of nitrogens with zero attached hydrogens (tertiary/aromatic N) is 2. The summed E-state index contributed by atoms with van der Waals surface area (Å²) in [5, 5.41) is 8.80. The SMILES string of the molecule is CCN(CCc1ccccc1)C(=O)C(C)Oc1ccc(C#N)cc1. The number of ether oxygens (including phenoxy) is 1. The van der Waals surface area contributed by atoms with Crippen molar-refractivity contribution in [1.29, 1.82) is 5.26 Å². The number of rotatable bonds is 7. The van der Waals surface area contributed by atoms with Gasteiger partial charge in [0.1, 0.15) is 5.75 Å². The lowest BCUT2D eigenvalue weighted by Gasteiger charge is -2.25. The van der Waals surface area contributed by atoms with Gasteiger partial charge in [0.15, 0.2) is 6.10 Å². The van der Waals surface area contributed by atoms with Crippen LogP contribution in [0.3, 0.4) is 0 Å². The molecule has 2 rings (SSSR count). The number of likely N-dealkylation sites (N-methyl/N-ethyl adjacent to an activating group) is 1. The van der Waals surface area contributed by atoms with Crippen LogP contribution in [-0.4, -0.2) is 30.0 Å². The van der Waals surface area contributed by atoms with Gasteiger partial charge < -0.3 is 9.64 Å². The molecule has 4 heteroatoms. The molecule has 0 saturated carbocycles. The van der Waals surface area contributed by atoms with Gasteiger partial charge in [-0.1, -0.05) is 30.3 Å². The summed E-state index contributed by atoms with van der Waals surface area (Å²) in [4.78, 5) is 14.4. The van der Waals surface area contributed by atoms with E-state index in [0.717, 1.165) is 6.42 Å². The van der Waals surface area contributed by atoms with Crippen molar-refractivity contribution < 1.29 is 9.53 Å². The Bertz CT molecular complexity index is 690. The maximum absolute atomic E-state index is 12.6. The first-order valence-corrected chi connectivity index (χ1v) is 8.13. The Kier molecular flexibility index (Phi) is 6.39. The molecule has 0 heterocycles. The fraction of sp³-hybridized carbons (Fsp3) is 0.300. The molecule has 0 bridgehead atoms. The second-order valence-corrected chi connectivity index (χ2v) is 5.55. The highest BCUT2D eigenvalue weighted by Gasteiger charge is 2.20. The molecule has 2 aromatic carbocycles. The zero-order valence-corrected chi connectivity index (χ0v) is 14.1. The Morgan fingerprint density at radius 2 is 1.83 bits per heavy atom. The van der Waals surface area contributed by atoms with Gasteiger partial charge in [0, 0.05) is 13.1 Å². The third kappa shape index (κ3) is 4.85. The summed E-state index contributed by atoms with van der Waals surface area (Å²) in [5.74, 6) is 0.562. The third-order valence-corrected chi connectivity index (χ3v) is 3.85. The number of hydrogen-bond acceptors (Lipinski definition) is 3. The van der Waals surface area contributed by atoms with Gasteiger partial charge in [-0.25, -0.2) is 0 Å². The molecule has 1 unspecified atom stereocenters. The zero-order valence-electron chi connectivity index (χ0n) is 14.1. The third-order valence-electron chi connectivity index (χ3n) is 3.85. The van der Waals surface area contributed by atoms with E-state index in [0.29, 0.717) is 24.4 Å². The molecule has 0 aliphatic carbocycles. The quantitative estimate of drug-likeness (QED) is 0.785. The maximum atomic E-state index is 12.6. The van der Waals surface area contributed by atoms with Gasteiger partial charge in [0.2, 0.25) is 0 Å². The number of amides is 1. The van der Waals surface area contributed by atoms with Crippen molar-refractivity contribution in [2.45, 2.75) is 26.4 Å². The van der Waals surface area contributed by atoms with Crippen molar-refractivity contribution in [3.63, 3.8) is 0 Å². The molecular weight excluding hydrogens is 300 g/mol. The van der Waals surface area contributed by atoms with Gasteiger partial charge in [-0.05, 0) is 50.1 Å². The topological polar surface area (TPSA) is 53.3 Å². The Morgan fingerprint density at radius 1 is 1.17 bits per heavy atom. The normalized spacial score (nSPS) is 11.4. The molecule has 0 saturated heterocycles. The standard InChI is InChI=1S/C20H22N2O2/c1-3-22(14-13-17-7-5-4-6-8-17)20(23)16(2)24-19-11-9-18(15-21)10-12-19/h4-12,16H,3,13-14H2,1-2H3. The number of carbonyl (C=O) groups excluding carboxylic acids is 1. The van der Waals surface area contributed by atoms with Crippen LogP contribution in [0, 0.1) is 11.3 Å². The summed E-state index contributed by atoms with van der Waals surface area (Å²) in [6.45, 7) is 5.04. The van der Waals surface area contributed by atoms with E-state index in [-0.39, 0.29) is 5.91 Å². The Labute approximate surface area is 143 Å². The van der Waals surface area contributed by atoms with Gasteiger partial charge in [-0.2, -0.15) is 5.26 Å². The average molecular weight is 322 g/mol. The molecule has 4 nitrogen and oxygen atoms in total. The lowest BCUT2D eigenvalue weighted by molar-refractivity contribution is -0.137. The van der Waals surface area contributed by atoms with E-state index in [4.69, 9.17) is 10.00 Å². The minimum absolute atomic E-state index is 0.0298. The molecule has 0 N–H and O–H groups in total. The van der Waals surface area contributed by atoms with E-state index in [9.17, 15) is 4.79 Å². The van der Waals surface area contributed by atoms with Crippen LogP contribution in [0.5, 0.6) is 5.75 Å². The first kappa shape index (κ1) is 17.6. The van der Waals surface area contributed by atoms with E-state index in [1.807, 2.05) is 25.1 Å². The summed E-state index contributed by atoms with van der Waals surface area (Å²) in [6, 6.07) is 19.0. The van der Waals surface area contributed by atoms with Crippen LogP contribution >= 0.6 is 0 Å². The van der Waals surface area contributed by atoms with Crippen molar-refractivity contribution in [3.8, 4) is 11.8 Å². The lowest BCUT2D eigenvalue weighted by Crippen LogP contribution is -2.41. The Hall–Kier alpha value is -2.80. The molecule has 1 atom stereocenters. The molecule has 124 valence electrons. The van der Waals surface area contributed by atoms with Gasteiger partial charge in [0.05, 0.1) is 11.6 Å².